The van der Waals surface area contributed by atoms with Crippen molar-refractivity contribution in [3.63, 3.8) is 0 Å². The SMILES string of the molecule is CC1=CN(C)CC([Si](C)(C)C)N1[Si](C)(C)C. The molecule has 0 radical (unpaired) electrons. The summed E-state index contributed by atoms with van der Waals surface area (Å²) in [6.07, 6.45) is 2.31. The van der Waals surface area contributed by atoms with Crippen molar-refractivity contribution in [2.75, 3.05) is 13.6 Å². The molecule has 1 aliphatic heterocycles. The maximum atomic E-state index is 2.78. The van der Waals surface area contributed by atoms with Crippen LogP contribution in [0.15, 0.2) is 11.9 Å². The second-order valence-corrected chi connectivity index (χ2v) is 17.4. The topological polar surface area (TPSA) is 6.48 Å². The molecule has 0 aromatic rings. The van der Waals surface area contributed by atoms with Gasteiger partial charge in [0, 0.05) is 31.2 Å². The highest BCUT2D eigenvalue weighted by Crippen LogP contribution is 2.29. The Balaban J connectivity index is 3.12. The van der Waals surface area contributed by atoms with Gasteiger partial charge in [-0.25, -0.2) is 0 Å². The van der Waals surface area contributed by atoms with E-state index >= 15 is 0 Å². The molecule has 0 N–H and O–H groups in total. The molecule has 0 spiro atoms. The standard InChI is InChI=1S/C12H28N2Si2/c1-11-9-13(2)10-12(15(3,4)5)14(11)16(6,7)8/h9,12H,10H2,1-8H3. The minimum atomic E-state index is -1.25. The third-order valence-electron chi connectivity index (χ3n) is 3.28. The Kier molecular flexibility index (Phi) is 3.65. The highest BCUT2D eigenvalue weighted by molar-refractivity contribution is 6.81. The lowest BCUT2D eigenvalue weighted by molar-refractivity contribution is 0.309. The molecule has 1 unspecified atom stereocenters. The van der Waals surface area contributed by atoms with E-state index in [9.17, 15) is 0 Å². The van der Waals surface area contributed by atoms with Crippen LogP contribution in [0.4, 0.5) is 0 Å². The summed E-state index contributed by atoms with van der Waals surface area (Å²) in [6.45, 7) is 18.4. The molecule has 0 fully saturated rings. The van der Waals surface area contributed by atoms with E-state index in [0.29, 0.717) is 0 Å². The number of nitrogens with zero attached hydrogens (tertiary/aromatic N) is 2. The van der Waals surface area contributed by atoms with Gasteiger partial charge in [-0.3, -0.25) is 0 Å². The minimum absolute atomic E-state index is 0.772. The van der Waals surface area contributed by atoms with Crippen molar-refractivity contribution in [3.8, 4) is 0 Å². The summed E-state index contributed by atoms with van der Waals surface area (Å²) >= 11 is 0. The van der Waals surface area contributed by atoms with Crippen LogP contribution in [0.3, 0.4) is 0 Å². The fourth-order valence-electron chi connectivity index (χ4n) is 2.69. The lowest BCUT2D eigenvalue weighted by Crippen LogP contribution is -2.64. The molecule has 0 saturated heterocycles. The van der Waals surface area contributed by atoms with Gasteiger partial charge in [0.05, 0.1) is 8.07 Å². The first kappa shape index (κ1) is 13.8. The highest BCUT2D eigenvalue weighted by atomic mass is 28.3. The lowest BCUT2D eigenvalue weighted by atomic mass is 10.4. The summed E-state index contributed by atoms with van der Waals surface area (Å²) in [5.74, 6) is 0. The van der Waals surface area contributed by atoms with E-state index in [2.05, 4.69) is 68.9 Å². The molecule has 1 rings (SSSR count). The summed E-state index contributed by atoms with van der Waals surface area (Å²) in [4.78, 5) is 2.37. The number of rotatable bonds is 2. The van der Waals surface area contributed by atoms with Gasteiger partial charge in [-0.1, -0.05) is 39.3 Å². The smallest absolute Gasteiger partial charge is 0.147 e. The second-order valence-electron chi connectivity index (χ2n) is 7.13. The molecule has 4 heteroatoms. The van der Waals surface area contributed by atoms with Crippen molar-refractivity contribution >= 4 is 16.3 Å². The fourth-order valence-corrected chi connectivity index (χ4v) is 8.96. The van der Waals surface area contributed by atoms with Gasteiger partial charge in [-0.05, 0) is 6.92 Å². The van der Waals surface area contributed by atoms with Crippen LogP contribution in [0.2, 0.25) is 39.3 Å². The fraction of sp³-hybridized carbons (Fsp3) is 0.833. The van der Waals surface area contributed by atoms with Gasteiger partial charge in [0.15, 0.2) is 0 Å². The second kappa shape index (κ2) is 4.22. The van der Waals surface area contributed by atoms with E-state index < -0.39 is 16.3 Å². The zero-order valence-corrected chi connectivity index (χ0v) is 14.3. The van der Waals surface area contributed by atoms with Crippen LogP contribution in [0.5, 0.6) is 0 Å². The number of allylic oxidation sites excluding steroid dienone is 1. The Morgan fingerprint density at radius 1 is 1.12 bits per heavy atom. The Labute approximate surface area is 103 Å². The van der Waals surface area contributed by atoms with Gasteiger partial charge in [-0.2, -0.15) is 0 Å². The van der Waals surface area contributed by atoms with Crippen LogP contribution < -0.4 is 0 Å². The van der Waals surface area contributed by atoms with Gasteiger partial charge < -0.3 is 9.47 Å². The van der Waals surface area contributed by atoms with Crippen molar-refractivity contribution in [3.05, 3.63) is 11.9 Å². The third kappa shape index (κ3) is 2.91. The van der Waals surface area contributed by atoms with Gasteiger partial charge >= 0.3 is 0 Å². The molecular weight excluding hydrogens is 228 g/mol. The maximum absolute atomic E-state index is 2.78. The Morgan fingerprint density at radius 3 is 2.00 bits per heavy atom. The molecular formula is C12H28N2Si2. The van der Waals surface area contributed by atoms with E-state index in [0.717, 1.165) is 5.67 Å². The maximum Gasteiger partial charge on any atom is 0.147 e. The monoisotopic (exact) mass is 256 g/mol. The number of hydrogen-bond donors (Lipinski definition) is 0. The predicted molar refractivity (Wildman–Crippen MR) is 78.7 cm³/mol. The summed E-state index contributed by atoms with van der Waals surface area (Å²) < 4.78 is 2.78. The molecule has 2 nitrogen and oxygen atoms in total. The van der Waals surface area contributed by atoms with Crippen LogP contribution in [-0.2, 0) is 0 Å². The zero-order chi connectivity index (χ0) is 12.7. The van der Waals surface area contributed by atoms with Crippen LogP contribution in [0.25, 0.3) is 0 Å². The molecule has 94 valence electrons. The molecule has 0 amide bonds. The quantitative estimate of drug-likeness (QED) is 0.700. The van der Waals surface area contributed by atoms with Crippen molar-refractivity contribution in [2.24, 2.45) is 0 Å². The van der Waals surface area contributed by atoms with Gasteiger partial charge in [-0.15, -0.1) is 0 Å². The minimum Gasteiger partial charge on any atom is -0.398 e. The first-order chi connectivity index (χ1) is 7.03. The average Bonchev–Trinajstić information content (AvgIpc) is 1.97. The van der Waals surface area contributed by atoms with Gasteiger partial charge in [0.25, 0.3) is 0 Å². The van der Waals surface area contributed by atoms with Crippen molar-refractivity contribution in [1.29, 1.82) is 0 Å². The molecule has 0 aromatic carbocycles. The highest BCUT2D eigenvalue weighted by Gasteiger charge is 2.40. The van der Waals surface area contributed by atoms with Gasteiger partial charge in [0.1, 0.15) is 8.24 Å². The van der Waals surface area contributed by atoms with E-state index in [1.54, 1.807) is 0 Å². The van der Waals surface area contributed by atoms with Crippen LogP contribution >= 0.6 is 0 Å². The van der Waals surface area contributed by atoms with Crippen LogP contribution in [-0.4, -0.2) is 45.0 Å². The summed E-state index contributed by atoms with van der Waals surface area (Å²) in [6, 6.07) is 0. The van der Waals surface area contributed by atoms with Crippen molar-refractivity contribution in [1.82, 2.24) is 9.47 Å². The molecule has 0 aliphatic carbocycles. The molecule has 16 heavy (non-hydrogen) atoms. The molecule has 1 aliphatic rings. The molecule has 0 aromatic heterocycles. The third-order valence-corrected chi connectivity index (χ3v) is 8.09. The number of likely N-dealkylation sites (N-methyl/N-ethyl adjacent to an activating group) is 1. The Hall–Kier alpha value is -0.226. The first-order valence-corrected chi connectivity index (χ1v) is 13.2. The summed E-state index contributed by atoms with van der Waals surface area (Å²) in [5, 5.41) is 0. The normalized spacial score (nSPS) is 23.5. The Morgan fingerprint density at radius 2 is 1.62 bits per heavy atom. The molecule has 1 heterocycles. The van der Waals surface area contributed by atoms with E-state index in [1.165, 1.54) is 12.2 Å². The lowest BCUT2D eigenvalue weighted by Gasteiger charge is -2.52. The largest absolute Gasteiger partial charge is 0.398 e. The van der Waals surface area contributed by atoms with Crippen LogP contribution in [0, 0.1) is 0 Å². The summed E-state index contributed by atoms with van der Waals surface area (Å²) in [5.41, 5.74) is 2.24. The van der Waals surface area contributed by atoms with E-state index in [1.807, 2.05) is 0 Å². The van der Waals surface area contributed by atoms with Crippen molar-refractivity contribution < 1.29 is 0 Å². The van der Waals surface area contributed by atoms with Crippen LogP contribution in [0.1, 0.15) is 6.92 Å². The van der Waals surface area contributed by atoms with E-state index in [4.69, 9.17) is 0 Å². The number of hydrogen-bond acceptors (Lipinski definition) is 2. The summed E-state index contributed by atoms with van der Waals surface area (Å²) in [7, 11) is -0.177. The average molecular weight is 257 g/mol. The van der Waals surface area contributed by atoms with Crippen molar-refractivity contribution in [2.45, 2.75) is 51.9 Å². The van der Waals surface area contributed by atoms with E-state index in [-0.39, 0.29) is 0 Å². The zero-order valence-electron chi connectivity index (χ0n) is 12.3. The van der Waals surface area contributed by atoms with Gasteiger partial charge in [0.2, 0.25) is 0 Å². The molecule has 1 atom stereocenters. The predicted octanol–water partition coefficient (Wildman–Crippen LogP) is 3.18. The molecule has 0 bridgehead atoms. The molecule has 0 saturated carbocycles. The first-order valence-electron chi connectivity index (χ1n) is 6.21. The Bertz CT molecular complexity index is 286.